The van der Waals surface area contributed by atoms with E-state index in [1.165, 1.54) is 6.20 Å². The van der Waals surface area contributed by atoms with Crippen LogP contribution < -0.4 is 16.4 Å². The maximum atomic E-state index is 11.6. The van der Waals surface area contributed by atoms with Gasteiger partial charge in [-0.3, -0.25) is 14.7 Å². The first-order chi connectivity index (χ1) is 7.56. The molecule has 0 aliphatic rings. The van der Waals surface area contributed by atoms with Crippen LogP contribution >= 0.6 is 0 Å². The normalized spacial score (nSPS) is 11.9. The van der Waals surface area contributed by atoms with Crippen molar-refractivity contribution in [3.8, 4) is 0 Å². The molecular formula is C9H15N5O2. The number of rotatable bonds is 4. The van der Waals surface area contributed by atoms with Crippen LogP contribution in [-0.4, -0.2) is 34.6 Å². The summed E-state index contributed by atoms with van der Waals surface area (Å²) in [5, 5.41) is 11.2. The highest BCUT2D eigenvalue weighted by Crippen LogP contribution is 2.05. The predicted molar refractivity (Wildman–Crippen MR) is 58.6 cm³/mol. The molecule has 7 heteroatoms. The zero-order chi connectivity index (χ0) is 12.1. The molecule has 0 bridgehead atoms. The molecule has 0 saturated carbocycles. The standard InChI is InChI=1S/C9H15N5O2/c1-3-11-8(15)5(2)13-9(16)6-4-12-14-7(6)10/h4-5H,3H2,1-2H3,(H,11,15)(H,13,16)(H3,10,12,14). The van der Waals surface area contributed by atoms with E-state index >= 15 is 0 Å². The molecule has 0 saturated heterocycles. The Bertz CT molecular complexity index is 387. The highest BCUT2D eigenvalue weighted by molar-refractivity contribution is 6.00. The quantitative estimate of drug-likeness (QED) is 0.539. The molecule has 0 aliphatic carbocycles. The van der Waals surface area contributed by atoms with Gasteiger partial charge in [-0.1, -0.05) is 0 Å². The summed E-state index contributed by atoms with van der Waals surface area (Å²) in [6.45, 7) is 3.92. The van der Waals surface area contributed by atoms with Crippen LogP contribution in [0.2, 0.25) is 0 Å². The molecule has 0 fully saturated rings. The van der Waals surface area contributed by atoms with Gasteiger partial charge in [-0.25, -0.2) is 0 Å². The van der Waals surface area contributed by atoms with Crippen molar-refractivity contribution in [3.05, 3.63) is 11.8 Å². The maximum Gasteiger partial charge on any atom is 0.257 e. The SMILES string of the molecule is CCNC(=O)C(C)NC(=O)c1cn[nH]c1N. The van der Waals surface area contributed by atoms with Crippen LogP contribution in [-0.2, 0) is 4.79 Å². The number of H-pyrrole nitrogens is 1. The lowest BCUT2D eigenvalue weighted by Crippen LogP contribution is -2.44. The van der Waals surface area contributed by atoms with Gasteiger partial charge in [0.15, 0.2) is 0 Å². The third-order valence-corrected chi connectivity index (χ3v) is 2.01. The topological polar surface area (TPSA) is 113 Å². The van der Waals surface area contributed by atoms with Crippen LogP contribution in [0, 0.1) is 0 Å². The zero-order valence-corrected chi connectivity index (χ0v) is 9.20. The summed E-state index contributed by atoms with van der Waals surface area (Å²) >= 11 is 0. The summed E-state index contributed by atoms with van der Waals surface area (Å²) in [5.41, 5.74) is 5.71. The molecule has 1 atom stereocenters. The van der Waals surface area contributed by atoms with Crippen molar-refractivity contribution in [2.45, 2.75) is 19.9 Å². The number of carbonyl (C=O) groups excluding carboxylic acids is 2. The molecule has 2 amide bonds. The van der Waals surface area contributed by atoms with Crippen molar-refractivity contribution in [2.24, 2.45) is 0 Å². The van der Waals surface area contributed by atoms with Gasteiger partial charge < -0.3 is 16.4 Å². The number of likely N-dealkylation sites (N-methyl/N-ethyl adjacent to an activating group) is 1. The van der Waals surface area contributed by atoms with Crippen LogP contribution in [0.25, 0.3) is 0 Å². The number of nitrogens with one attached hydrogen (secondary N) is 3. The summed E-state index contributed by atoms with van der Waals surface area (Å²) in [7, 11) is 0. The second kappa shape index (κ2) is 5.15. The summed E-state index contributed by atoms with van der Waals surface area (Å²) in [4.78, 5) is 23.0. The smallest absolute Gasteiger partial charge is 0.257 e. The lowest BCUT2D eigenvalue weighted by Gasteiger charge is -2.12. The fourth-order valence-electron chi connectivity index (χ4n) is 1.14. The van der Waals surface area contributed by atoms with Gasteiger partial charge in [0, 0.05) is 6.54 Å². The van der Waals surface area contributed by atoms with E-state index in [9.17, 15) is 9.59 Å². The highest BCUT2D eigenvalue weighted by atomic mass is 16.2. The van der Waals surface area contributed by atoms with Crippen molar-refractivity contribution in [3.63, 3.8) is 0 Å². The van der Waals surface area contributed by atoms with Gasteiger partial charge in [0.2, 0.25) is 5.91 Å². The average Bonchev–Trinajstić information content (AvgIpc) is 2.64. The van der Waals surface area contributed by atoms with E-state index in [1.54, 1.807) is 13.8 Å². The van der Waals surface area contributed by atoms with Crippen LogP contribution in [0.5, 0.6) is 0 Å². The summed E-state index contributed by atoms with van der Waals surface area (Å²) < 4.78 is 0. The Balaban J connectivity index is 2.58. The molecule has 0 aliphatic heterocycles. The number of nitrogen functional groups attached to an aromatic ring is 1. The van der Waals surface area contributed by atoms with E-state index < -0.39 is 11.9 Å². The third-order valence-electron chi connectivity index (χ3n) is 2.01. The first-order valence-corrected chi connectivity index (χ1v) is 4.93. The molecule has 1 aromatic heterocycles. The van der Waals surface area contributed by atoms with Gasteiger partial charge >= 0.3 is 0 Å². The fourth-order valence-corrected chi connectivity index (χ4v) is 1.14. The first kappa shape index (κ1) is 12.0. The molecule has 5 N–H and O–H groups in total. The monoisotopic (exact) mass is 225 g/mol. The van der Waals surface area contributed by atoms with Crippen molar-refractivity contribution in [1.82, 2.24) is 20.8 Å². The number of hydrogen-bond donors (Lipinski definition) is 4. The number of carbonyl (C=O) groups is 2. The summed E-state index contributed by atoms with van der Waals surface area (Å²) in [5.74, 6) is -0.483. The van der Waals surface area contributed by atoms with Crippen LogP contribution in [0.3, 0.4) is 0 Å². The van der Waals surface area contributed by atoms with Gasteiger partial charge in [-0.15, -0.1) is 0 Å². The molecule has 16 heavy (non-hydrogen) atoms. The van der Waals surface area contributed by atoms with Gasteiger partial charge in [0.05, 0.1) is 6.20 Å². The Labute approximate surface area is 92.8 Å². The molecule has 0 aromatic carbocycles. The number of anilines is 1. The van der Waals surface area contributed by atoms with Crippen molar-refractivity contribution < 1.29 is 9.59 Å². The summed E-state index contributed by atoms with van der Waals surface area (Å²) in [6.07, 6.45) is 1.31. The lowest BCUT2D eigenvalue weighted by molar-refractivity contribution is -0.122. The van der Waals surface area contributed by atoms with Gasteiger partial charge in [-0.2, -0.15) is 5.10 Å². The minimum absolute atomic E-state index is 0.181. The Morgan fingerprint density at radius 1 is 1.62 bits per heavy atom. The molecule has 88 valence electrons. The van der Waals surface area contributed by atoms with E-state index in [2.05, 4.69) is 20.8 Å². The second-order valence-corrected chi connectivity index (χ2v) is 3.29. The zero-order valence-electron chi connectivity index (χ0n) is 9.20. The van der Waals surface area contributed by atoms with Crippen molar-refractivity contribution in [2.75, 3.05) is 12.3 Å². The van der Waals surface area contributed by atoms with Crippen LogP contribution in [0.15, 0.2) is 6.20 Å². The Morgan fingerprint density at radius 2 is 2.31 bits per heavy atom. The molecule has 0 radical (unpaired) electrons. The van der Waals surface area contributed by atoms with E-state index in [-0.39, 0.29) is 17.3 Å². The molecule has 1 heterocycles. The number of nitrogens with two attached hydrogens (primary N) is 1. The fraction of sp³-hybridized carbons (Fsp3) is 0.444. The van der Waals surface area contributed by atoms with Gasteiger partial charge in [-0.05, 0) is 13.8 Å². The van der Waals surface area contributed by atoms with Crippen LogP contribution in [0.4, 0.5) is 5.82 Å². The minimum atomic E-state index is -0.609. The number of aromatic amines is 1. The number of aromatic nitrogens is 2. The lowest BCUT2D eigenvalue weighted by atomic mass is 10.2. The van der Waals surface area contributed by atoms with Crippen molar-refractivity contribution in [1.29, 1.82) is 0 Å². The first-order valence-electron chi connectivity index (χ1n) is 4.93. The molecule has 1 unspecified atom stereocenters. The highest BCUT2D eigenvalue weighted by Gasteiger charge is 2.18. The second-order valence-electron chi connectivity index (χ2n) is 3.29. The molecule has 1 rings (SSSR count). The Morgan fingerprint density at radius 3 is 2.81 bits per heavy atom. The molecule has 7 nitrogen and oxygen atoms in total. The van der Waals surface area contributed by atoms with E-state index in [0.717, 1.165) is 0 Å². The summed E-state index contributed by atoms with van der Waals surface area (Å²) in [6, 6.07) is -0.609. The maximum absolute atomic E-state index is 11.6. The third kappa shape index (κ3) is 2.72. The van der Waals surface area contributed by atoms with Gasteiger partial charge in [0.25, 0.3) is 5.91 Å². The van der Waals surface area contributed by atoms with Crippen molar-refractivity contribution >= 4 is 17.6 Å². The average molecular weight is 225 g/mol. The molecular weight excluding hydrogens is 210 g/mol. The van der Waals surface area contributed by atoms with E-state index in [0.29, 0.717) is 6.54 Å². The van der Waals surface area contributed by atoms with Crippen LogP contribution in [0.1, 0.15) is 24.2 Å². The Hall–Kier alpha value is -2.05. The van der Waals surface area contributed by atoms with Gasteiger partial charge in [0.1, 0.15) is 17.4 Å². The largest absolute Gasteiger partial charge is 0.383 e. The van der Waals surface area contributed by atoms with E-state index in [1.807, 2.05) is 0 Å². The number of nitrogens with zero attached hydrogens (tertiary/aromatic N) is 1. The number of amides is 2. The van der Waals surface area contributed by atoms with E-state index in [4.69, 9.17) is 5.73 Å². The molecule has 0 spiro atoms. The minimum Gasteiger partial charge on any atom is -0.383 e. The number of hydrogen-bond acceptors (Lipinski definition) is 4. The predicted octanol–water partition coefficient (Wildman–Crippen LogP) is -0.754. The molecule has 1 aromatic rings. The Kier molecular flexibility index (Phi) is 3.87.